The average Bonchev–Trinajstić information content (AvgIpc) is 2.53. The van der Waals surface area contributed by atoms with E-state index in [0.717, 1.165) is 19.3 Å². The SMILES string of the molecule is COc1c(O)c(C)c(CCC=C(C)CCC=C(C)C)c(O)c1OC. The van der Waals surface area contributed by atoms with Crippen LogP contribution in [-0.2, 0) is 6.42 Å². The van der Waals surface area contributed by atoms with Crippen LogP contribution in [0.2, 0.25) is 0 Å². The summed E-state index contributed by atoms with van der Waals surface area (Å²) in [6.45, 7) is 8.11. The number of allylic oxidation sites excluding steroid dienone is 4. The monoisotopic (exact) mass is 334 g/mol. The lowest BCUT2D eigenvalue weighted by Crippen LogP contribution is -1.98. The minimum Gasteiger partial charge on any atom is -0.504 e. The fourth-order valence-corrected chi connectivity index (χ4v) is 2.68. The van der Waals surface area contributed by atoms with Crippen molar-refractivity contribution in [1.29, 1.82) is 0 Å². The molecular weight excluding hydrogens is 304 g/mol. The molecule has 0 unspecified atom stereocenters. The second-order valence-corrected chi connectivity index (χ2v) is 6.28. The zero-order valence-corrected chi connectivity index (χ0v) is 15.7. The van der Waals surface area contributed by atoms with E-state index in [4.69, 9.17) is 9.47 Å². The number of benzene rings is 1. The maximum absolute atomic E-state index is 10.4. The summed E-state index contributed by atoms with van der Waals surface area (Å²) >= 11 is 0. The van der Waals surface area contributed by atoms with E-state index in [9.17, 15) is 10.2 Å². The van der Waals surface area contributed by atoms with Gasteiger partial charge in [-0.05, 0) is 53.4 Å². The van der Waals surface area contributed by atoms with Crippen molar-refractivity contribution in [3.63, 3.8) is 0 Å². The van der Waals surface area contributed by atoms with Gasteiger partial charge in [0.05, 0.1) is 14.2 Å². The lowest BCUT2D eigenvalue weighted by molar-refractivity contribution is 0.313. The van der Waals surface area contributed by atoms with E-state index in [1.807, 2.05) is 0 Å². The van der Waals surface area contributed by atoms with Crippen molar-refractivity contribution in [2.75, 3.05) is 14.2 Å². The summed E-state index contributed by atoms with van der Waals surface area (Å²) in [5.74, 6) is 0.413. The number of ether oxygens (including phenoxy) is 2. The largest absolute Gasteiger partial charge is 0.504 e. The first kappa shape index (κ1) is 19.9. The smallest absolute Gasteiger partial charge is 0.207 e. The third-order valence-electron chi connectivity index (χ3n) is 4.12. The molecule has 0 radical (unpaired) electrons. The second-order valence-electron chi connectivity index (χ2n) is 6.28. The topological polar surface area (TPSA) is 58.9 Å². The van der Waals surface area contributed by atoms with Crippen LogP contribution in [-0.4, -0.2) is 24.4 Å². The van der Waals surface area contributed by atoms with Crippen LogP contribution in [0, 0.1) is 6.92 Å². The van der Waals surface area contributed by atoms with Crippen molar-refractivity contribution < 1.29 is 19.7 Å². The molecule has 4 heteroatoms. The molecule has 0 saturated heterocycles. The molecule has 0 bridgehead atoms. The van der Waals surface area contributed by atoms with Crippen LogP contribution in [0.1, 0.15) is 51.2 Å². The number of phenolic OH excluding ortho intramolecular Hbond substituents is 2. The van der Waals surface area contributed by atoms with E-state index < -0.39 is 0 Å². The summed E-state index contributed by atoms with van der Waals surface area (Å²) in [4.78, 5) is 0. The molecular formula is C20H30O4. The average molecular weight is 334 g/mol. The molecule has 134 valence electrons. The molecule has 4 nitrogen and oxygen atoms in total. The fraction of sp³-hybridized carbons (Fsp3) is 0.500. The summed E-state index contributed by atoms with van der Waals surface area (Å²) in [6.07, 6.45) is 7.93. The van der Waals surface area contributed by atoms with Gasteiger partial charge in [0.2, 0.25) is 11.5 Å². The van der Waals surface area contributed by atoms with Crippen molar-refractivity contribution in [2.24, 2.45) is 0 Å². The fourth-order valence-electron chi connectivity index (χ4n) is 2.68. The number of hydrogen-bond donors (Lipinski definition) is 2. The number of rotatable bonds is 8. The Kier molecular flexibility index (Phi) is 7.69. The van der Waals surface area contributed by atoms with E-state index in [1.165, 1.54) is 25.4 Å². The van der Waals surface area contributed by atoms with Gasteiger partial charge in [0.25, 0.3) is 0 Å². The van der Waals surface area contributed by atoms with Gasteiger partial charge >= 0.3 is 0 Å². The summed E-state index contributed by atoms with van der Waals surface area (Å²) in [5.41, 5.74) is 3.98. The molecule has 0 atom stereocenters. The molecule has 1 aromatic rings. The molecule has 0 fully saturated rings. The zero-order valence-electron chi connectivity index (χ0n) is 15.7. The van der Waals surface area contributed by atoms with Crippen LogP contribution < -0.4 is 9.47 Å². The van der Waals surface area contributed by atoms with Gasteiger partial charge in [-0.2, -0.15) is 0 Å². The first-order chi connectivity index (χ1) is 11.3. The molecule has 0 heterocycles. The van der Waals surface area contributed by atoms with Crippen molar-refractivity contribution in [1.82, 2.24) is 0 Å². The molecule has 1 aromatic carbocycles. The maximum atomic E-state index is 10.4. The summed E-state index contributed by atoms with van der Waals surface area (Å²) in [5, 5.41) is 20.7. The highest BCUT2D eigenvalue weighted by atomic mass is 16.5. The number of aromatic hydroxyl groups is 2. The Morgan fingerprint density at radius 3 is 2.04 bits per heavy atom. The molecule has 0 spiro atoms. The lowest BCUT2D eigenvalue weighted by atomic mass is 9.99. The first-order valence-electron chi connectivity index (χ1n) is 8.27. The zero-order chi connectivity index (χ0) is 18.3. The summed E-state index contributed by atoms with van der Waals surface area (Å²) < 4.78 is 10.3. The minimum absolute atomic E-state index is 0.0198. The quantitative estimate of drug-likeness (QED) is 0.516. The third-order valence-corrected chi connectivity index (χ3v) is 4.12. The molecule has 0 saturated carbocycles. The van der Waals surface area contributed by atoms with E-state index in [1.54, 1.807) is 6.92 Å². The van der Waals surface area contributed by atoms with Crippen molar-refractivity contribution >= 4 is 0 Å². The molecule has 0 aliphatic rings. The van der Waals surface area contributed by atoms with Crippen molar-refractivity contribution in [2.45, 2.75) is 53.4 Å². The van der Waals surface area contributed by atoms with Crippen LogP contribution in [0.5, 0.6) is 23.0 Å². The maximum Gasteiger partial charge on any atom is 0.207 e. The van der Waals surface area contributed by atoms with Crippen molar-refractivity contribution in [3.8, 4) is 23.0 Å². The Bertz CT molecular complexity index is 623. The molecule has 24 heavy (non-hydrogen) atoms. The van der Waals surface area contributed by atoms with Crippen molar-refractivity contribution in [3.05, 3.63) is 34.4 Å². The van der Waals surface area contributed by atoms with E-state index in [0.29, 0.717) is 17.5 Å². The standard InChI is InChI=1S/C20H30O4/c1-13(2)9-7-10-14(3)11-8-12-16-15(4)17(21)19(23-5)20(24-6)18(16)22/h9,11,21-22H,7-8,10,12H2,1-6H3. The molecule has 0 amide bonds. The molecule has 1 rings (SSSR count). The van der Waals surface area contributed by atoms with Crippen LogP contribution >= 0.6 is 0 Å². The number of hydrogen-bond acceptors (Lipinski definition) is 4. The second kappa shape index (κ2) is 9.26. The van der Waals surface area contributed by atoms with Crippen LogP contribution in [0.15, 0.2) is 23.3 Å². The Hall–Kier alpha value is -2.10. The Labute approximate surface area is 145 Å². The Balaban J connectivity index is 2.89. The van der Waals surface area contributed by atoms with Gasteiger partial charge in [-0.15, -0.1) is 0 Å². The molecule has 0 aliphatic carbocycles. The highest BCUT2D eigenvalue weighted by molar-refractivity contribution is 5.65. The van der Waals surface area contributed by atoms with Gasteiger partial charge in [-0.3, -0.25) is 0 Å². The van der Waals surface area contributed by atoms with Gasteiger partial charge < -0.3 is 19.7 Å². The Morgan fingerprint density at radius 1 is 0.917 bits per heavy atom. The highest BCUT2D eigenvalue weighted by Gasteiger charge is 2.22. The van der Waals surface area contributed by atoms with Crippen LogP contribution in [0.4, 0.5) is 0 Å². The molecule has 2 N–H and O–H groups in total. The molecule has 0 aromatic heterocycles. The van der Waals surface area contributed by atoms with Gasteiger partial charge in [-0.1, -0.05) is 23.3 Å². The van der Waals surface area contributed by atoms with E-state index >= 15 is 0 Å². The van der Waals surface area contributed by atoms with Gasteiger partial charge in [0.1, 0.15) is 0 Å². The predicted octanol–water partition coefficient (Wildman–Crippen LogP) is 5.05. The minimum atomic E-state index is 0.0198. The number of methoxy groups -OCH3 is 2. The first-order valence-corrected chi connectivity index (χ1v) is 8.27. The lowest BCUT2D eigenvalue weighted by Gasteiger charge is -2.17. The third kappa shape index (κ3) is 4.95. The van der Waals surface area contributed by atoms with Gasteiger partial charge in [0.15, 0.2) is 11.5 Å². The van der Waals surface area contributed by atoms with Gasteiger partial charge in [0, 0.05) is 11.1 Å². The normalized spacial score (nSPS) is 11.3. The van der Waals surface area contributed by atoms with Crippen LogP contribution in [0.25, 0.3) is 0 Å². The summed E-state index contributed by atoms with van der Waals surface area (Å²) in [7, 11) is 2.89. The number of phenols is 2. The van der Waals surface area contributed by atoms with Crippen LogP contribution in [0.3, 0.4) is 0 Å². The van der Waals surface area contributed by atoms with E-state index in [-0.39, 0.29) is 23.0 Å². The molecule has 0 aliphatic heterocycles. The Morgan fingerprint density at radius 2 is 1.50 bits per heavy atom. The predicted molar refractivity (Wildman–Crippen MR) is 98.4 cm³/mol. The summed E-state index contributed by atoms with van der Waals surface area (Å²) in [6, 6.07) is 0. The van der Waals surface area contributed by atoms with E-state index in [2.05, 4.69) is 32.9 Å². The van der Waals surface area contributed by atoms with Gasteiger partial charge in [-0.25, -0.2) is 0 Å². The highest BCUT2D eigenvalue weighted by Crippen LogP contribution is 2.48.